The summed E-state index contributed by atoms with van der Waals surface area (Å²) in [6.45, 7) is 2.69. The largest absolute Gasteiger partial charge is 0.502 e. The number of unbranched alkanes of at least 4 members (excludes halogenated alkanes) is 10. The lowest BCUT2D eigenvalue weighted by Crippen LogP contribution is -2.02. The van der Waals surface area contributed by atoms with Crippen LogP contribution in [0, 0.1) is 0 Å². The zero-order valence-electron chi connectivity index (χ0n) is 18.4. The van der Waals surface area contributed by atoms with Gasteiger partial charge >= 0.3 is 5.97 Å². The predicted molar refractivity (Wildman–Crippen MR) is 118 cm³/mol. The van der Waals surface area contributed by atoms with Crippen molar-refractivity contribution in [3.8, 4) is 17.2 Å². The molecule has 0 unspecified atom stereocenters. The fraction of sp³-hybridized carbons (Fsp3) is 0.625. The van der Waals surface area contributed by atoms with E-state index in [1.807, 2.05) is 0 Å². The molecule has 0 amide bonds. The molecule has 0 aromatic heterocycles. The van der Waals surface area contributed by atoms with E-state index in [2.05, 4.69) is 6.92 Å². The number of rotatable bonds is 16. The molecule has 0 radical (unpaired) electrons. The Kier molecular flexibility index (Phi) is 13.5. The Labute approximate surface area is 176 Å². The molecule has 0 saturated carbocycles. The van der Waals surface area contributed by atoms with E-state index in [1.165, 1.54) is 78.1 Å². The Hall–Kier alpha value is -2.17. The van der Waals surface area contributed by atoms with E-state index in [4.69, 9.17) is 14.2 Å². The van der Waals surface area contributed by atoms with Crippen LogP contribution >= 0.6 is 0 Å². The van der Waals surface area contributed by atoms with Crippen molar-refractivity contribution in [2.45, 2.75) is 77.6 Å². The van der Waals surface area contributed by atoms with Gasteiger partial charge in [0.25, 0.3) is 0 Å². The third kappa shape index (κ3) is 10.8. The van der Waals surface area contributed by atoms with Crippen LogP contribution in [0.5, 0.6) is 17.2 Å². The molecular formula is C24H38O5. The lowest BCUT2D eigenvalue weighted by atomic mass is 10.1. The fourth-order valence-electron chi connectivity index (χ4n) is 3.16. The molecule has 0 aliphatic heterocycles. The van der Waals surface area contributed by atoms with E-state index in [1.54, 1.807) is 18.2 Å². The van der Waals surface area contributed by atoms with Crippen LogP contribution in [0.2, 0.25) is 0 Å². The van der Waals surface area contributed by atoms with Crippen LogP contribution in [0.15, 0.2) is 18.2 Å². The van der Waals surface area contributed by atoms with E-state index in [-0.39, 0.29) is 11.7 Å². The number of phenolic OH excluding ortho intramolecular Hbond substituents is 1. The predicted octanol–water partition coefficient (Wildman–Crippen LogP) is 6.28. The molecule has 5 nitrogen and oxygen atoms in total. The molecule has 0 bridgehead atoms. The first-order chi connectivity index (χ1) is 14.1. The van der Waals surface area contributed by atoms with Crippen molar-refractivity contribution in [2.75, 3.05) is 20.8 Å². The molecule has 0 atom stereocenters. The molecule has 0 spiro atoms. The number of methoxy groups -OCH3 is 2. The van der Waals surface area contributed by atoms with Crippen molar-refractivity contribution < 1.29 is 24.1 Å². The SMILES string of the molecule is CCCCCCCCCCCCCOC(=O)/C=C/c1cc(OC)c(O)c(OC)c1. The molecule has 0 aliphatic carbocycles. The van der Waals surface area contributed by atoms with Crippen molar-refractivity contribution in [3.63, 3.8) is 0 Å². The minimum absolute atomic E-state index is 0.0637. The molecule has 5 heteroatoms. The lowest BCUT2D eigenvalue weighted by molar-refractivity contribution is -0.137. The summed E-state index contributed by atoms with van der Waals surface area (Å²) in [6, 6.07) is 3.26. The van der Waals surface area contributed by atoms with Gasteiger partial charge < -0.3 is 19.3 Å². The van der Waals surface area contributed by atoms with Crippen LogP contribution in [0.3, 0.4) is 0 Å². The average Bonchev–Trinajstić information content (AvgIpc) is 2.73. The van der Waals surface area contributed by atoms with Gasteiger partial charge in [-0.15, -0.1) is 0 Å². The highest BCUT2D eigenvalue weighted by Crippen LogP contribution is 2.37. The quantitative estimate of drug-likeness (QED) is 0.199. The minimum Gasteiger partial charge on any atom is -0.502 e. The monoisotopic (exact) mass is 406 g/mol. The molecule has 1 rings (SSSR count). The van der Waals surface area contributed by atoms with Crippen molar-refractivity contribution in [2.24, 2.45) is 0 Å². The standard InChI is InChI=1S/C24H38O5/c1-4-5-6-7-8-9-10-11-12-13-14-17-29-23(25)16-15-20-18-21(27-2)24(26)22(19-20)28-3/h15-16,18-19,26H,4-14,17H2,1-3H3/b16-15+. The number of benzene rings is 1. The molecule has 29 heavy (non-hydrogen) atoms. The number of phenols is 1. The van der Waals surface area contributed by atoms with E-state index in [0.29, 0.717) is 23.7 Å². The van der Waals surface area contributed by atoms with Gasteiger partial charge in [-0.25, -0.2) is 4.79 Å². The van der Waals surface area contributed by atoms with Gasteiger partial charge in [0.2, 0.25) is 5.75 Å². The van der Waals surface area contributed by atoms with Crippen molar-refractivity contribution in [1.82, 2.24) is 0 Å². The second-order valence-corrected chi connectivity index (χ2v) is 7.31. The zero-order valence-corrected chi connectivity index (χ0v) is 18.4. The second kappa shape index (κ2) is 15.7. The average molecular weight is 407 g/mol. The Morgan fingerprint density at radius 2 is 1.34 bits per heavy atom. The number of carbonyl (C=O) groups is 1. The normalized spacial score (nSPS) is 11.0. The van der Waals surface area contributed by atoms with Crippen LogP contribution in [0.1, 0.15) is 83.1 Å². The maximum absolute atomic E-state index is 11.9. The molecule has 1 aromatic rings. The second-order valence-electron chi connectivity index (χ2n) is 7.31. The molecule has 0 fully saturated rings. The molecule has 1 aromatic carbocycles. The van der Waals surface area contributed by atoms with Crippen LogP contribution in [-0.2, 0) is 9.53 Å². The summed E-state index contributed by atoms with van der Waals surface area (Å²) in [7, 11) is 2.92. The Morgan fingerprint density at radius 3 is 1.83 bits per heavy atom. The Bertz CT molecular complexity index is 584. The van der Waals surface area contributed by atoms with Gasteiger partial charge in [0.15, 0.2) is 11.5 Å². The summed E-state index contributed by atoms with van der Waals surface area (Å²) >= 11 is 0. The van der Waals surface area contributed by atoms with Crippen LogP contribution in [0.25, 0.3) is 6.08 Å². The van der Waals surface area contributed by atoms with Gasteiger partial charge in [0.05, 0.1) is 20.8 Å². The van der Waals surface area contributed by atoms with Crippen LogP contribution in [-0.4, -0.2) is 31.9 Å². The van der Waals surface area contributed by atoms with Gasteiger partial charge in [-0.2, -0.15) is 0 Å². The smallest absolute Gasteiger partial charge is 0.330 e. The molecular weight excluding hydrogens is 368 g/mol. The highest BCUT2D eigenvalue weighted by atomic mass is 16.5. The van der Waals surface area contributed by atoms with E-state index < -0.39 is 0 Å². The first-order valence-corrected chi connectivity index (χ1v) is 10.9. The van der Waals surface area contributed by atoms with Gasteiger partial charge in [0, 0.05) is 6.08 Å². The first kappa shape index (κ1) is 24.9. The number of hydrogen-bond donors (Lipinski definition) is 1. The fourth-order valence-corrected chi connectivity index (χ4v) is 3.16. The van der Waals surface area contributed by atoms with Crippen molar-refractivity contribution >= 4 is 12.0 Å². The number of hydrogen-bond acceptors (Lipinski definition) is 5. The van der Waals surface area contributed by atoms with Gasteiger partial charge in [0.1, 0.15) is 0 Å². The summed E-state index contributed by atoms with van der Waals surface area (Å²) in [5, 5.41) is 9.90. The summed E-state index contributed by atoms with van der Waals surface area (Å²) < 4.78 is 15.5. The topological polar surface area (TPSA) is 65.0 Å². The third-order valence-electron chi connectivity index (χ3n) is 4.91. The molecule has 0 heterocycles. The molecule has 1 N–H and O–H groups in total. The number of aromatic hydroxyl groups is 1. The number of ether oxygens (including phenoxy) is 3. The molecule has 164 valence electrons. The Balaban J connectivity index is 2.15. The summed E-state index contributed by atoms with van der Waals surface area (Å²) in [5.41, 5.74) is 0.683. The van der Waals surface area contributed by atoms with E-state index >= 15 is 0 Å². The molecule has 0 saturated heterocycles. The van der Waals surface area contributed by atoms with Gasteiger partial charge in [-0.05, 0) is 30.2 Å². The number of carbonyl (C=O) groups excluding carboxylic acids is 1. The van der Waals surface area contributed by atoms with Crippen LogP contribution < -0.4 is 9.47 Å². The van der Waals surface area contributed by atoms with Crippen LogP contribution in [0.4, 0.5) is 0 Å². The van der Waals surface area contributed by atoms with Gasteiger partial charge in [-0.3, -0.25) is 0 Å². The number of esters is 1. The first-order valence-electron chi connectivity index (χ1n) is 10.9. The molecule has 0 aliphatic rings. The maximum atomic E-state index is 11.9. The summed E-state index contributed by atoms with van der Waals surface area (Å²) in [6.07, 6.45) is 16.9. The zero-order chi connectivity index (χ0) is 21.3. The third-order valence-corrected chi connectivity index (χ3v) is 4.91. The summed E-state index contributed by atoms with van der Waals surface area (Å²) in [4.78, 5) is 11.9. The van der Waals surface area contributed by atoms with Crippen molar-refractivity contribution in [1.29, 1.82) is 0 Å². The van der Waals surface area contributed by atoms with Gasteiger partial charge in [-0.1, -0.05) is 71.1 Å². The summed E-state index contributed by atoms with van der Waals surface area (Å²) in [5.74, 6) is 0.144. The lowest BCUT2D eigenvalue weighted by Gasteiger charge is -2.09. The van der Waals surface area contributed by atoms with Crippen molar-refractivity contribution in [3.05, 3.63) is 23.8 Å². The van der Waals surface area contributed by atoms with E-state index in [0.717, 1.165) is 12.8 Å². The highest BCUT2D eigenvalue weighted by molar-refractivity contribution is 5.87. The minimum atomic E-state index is -0.372. The highest BCUT2D eigenvalue weighted by Gasteiger charge is 2.10. The Morgan fingerprint density at radius 1 is 0.862 bits per heavy atom. The van der Waals surface area contributed by atoms with E-state index in [9.17, 15) is 9.90 Å². The maximum Gasteiger partial charge on any atom is 0.330 e.